The molecule has 206 valence electrons. The molecule has 8 heteroatoms. The first-order valence-electron chi connectivity index (χ1n) is 13.2. The molecule has 0 radical (unpaired) electrons. The number of allylic oxidation sites excluding steroid dienone is 2. The van der Waals surface area contributed by atoms with Crippen LogP contribution in [0.4, 0.5) is 17.6 Å². The number of rotatable bonds is 11. The third-order valence-corrected chi connectivity index (χ3v) is 6.64. The molecule has 1 fully saturated rings. The zero-order valence-electron chi connectivity index (χ0n) is 21.9. The van der Waals surface area contributed by atoms with E-state index in [-0.39, 0.29) is 34.0 Å². The van der Waals surface area contributed by atoms with E-state index in [2.05, 4.69) is 28.7 Å². The first-order chi connectivity index (χ1) is 18.9. The smallest absolute Gasteiger partial charge is 0.186 e. The van der Waals surface area contributed by atoms with Gasteiger partial charge in [-0.15, -0.1) is 6.58 Å². The molecule has 0 N–H and O–H groups in total. The summed E-state index contributed by atoms with van der Waals surface area (Å²) in [5.74, 6) is -4.70. The second kappa shape index (κ2) is 13.6. The van der Waals surface area contributed by atoms with E-state index in [0.717, 1.165) is 32.1 Å². The van der Waals surface area contributed by atoms with Crippen LogP contribution >= 0.6 is 0 Å². The van der Waals surface area contributed by atoms with Crippen molar-refractivity contribution >= 4 is 0 Å². The maximum Gasteiger partial charge on any atom is 0.186 e. The lowest BCUT2D eigenvalue weighted by Crippen LogP contribution is -2.26. The standard InChI is InChI=1S/C31H32F4N2O2/c1-3-5-7-9-10-20-18-38-31(39-19-20)22-16-36-30(37-17-22)25-15-14-24(28(34)29(25)35)23-13-12-21(11-8-6-4-2)26(32)27(23)33/h3,9-10,12-17,20,31H,1,4-8,11,18-19H2,2H3. The van der Waals surface area contributed by atoms with Crippen LogP contribution in [-0.4, -0.2) is 23.2 Å². The molecule has 0 unspecified atom stereocenters. The van der Waals surface area contributed by atoms with Crippen LogP contribution in [0.15, 0.2) is 61.5 Å². The summed E-state index contributed by atoms with van der Waals surface area (Å²) in [6, 6.07) is 5.17. The Balaban J connectivity index is 1.47. The molecule has 3 aromatic rings. The number of aryl methyl sites for hydroxylation is 1. The van der Waals surface area contributed by atoms with Crippen molar-refractivity contribution in [2.75, 3.05) is 13.2 Å². The van der Waals surface area contributed by atoms with Crippen molar-refractivity contribution in [1.29, 1.82) is 0 Å². The molecule has 4 nitrogen and oxygen atoms in total. The number of nitrogens with zero attached hydrogens (tertiary/aromatic N) is 2. The zero-order chi connectivity index (χ0) is 27.8. The third kappa shape index (κ3) is 6.81. The van der Waals surface area contributed by atoms with Crippen molar-refractivity contribution in [3.63, 3.8) is 0 Å². The maximum atomic E-state index is 15.1. The molecule has 0 aliphatic carbocycles. The number of halogens is 4. The highest BCUT2D eigenvalue weighted by molar-refractivity contribution is 5.70. The largest absolute Gasteiger partial charge is 0.348 e. The summed E-state index contributed by atoms with van der Waals surface area (Å²) in [4.78, 5) is 8.32. The predicted molar refractivity (Wildman–Crippen MR) is 143 cm³/mol. The summed E-state index contributed by atoms with van der Waals surface area (Å²) in [5, 5.41) is 0. The summed E-state index contributed by atoms with van der Waals surface area (Å²) in [5.41, 5.74) is -0.151. The number of ether oxygens (including phenoxy) is 2. The average Bonchev–Trinajstić information content (AvgIpc) is 2.96. The Morgan fingerprint density at radius 1 is 0.846 bits per heavy atom. The van der Waals surface area contributed by atoms with E-state index in [0.29, 0.717) is 25.2 Å². The minimum Gasteiger partial charge on any atom is -0.348 e. The Morgan fingerprint density at radius 2 is 1.46 bits per heavy atom. The molecule has 0 spiro atoms. The molecular formula is C31H32F4N2O2. The summed E-state index contributed by atoms with van der Waals surface area (Å²) >= 11 is 0. The number of hydrogen-bond acceptors (Lipinski definition) is 4. The SMILES string of the molecule is C=CCCC=CC1COC(c2cnc(-c3ccc(-c4ccc(CCCCC)c(F)c4F)c(F)c3F)nc2)OC1. The predicted octanol–water partition coefficient (Wildman–Crippen LogP) is 8.28. The fourth-order valence-electron chi connectivity index (χ4n) is 4.41. The van der Waals surface area contributed by atoms with Crippen LogP contribution in [0, 0.1) is 29.2 Å². The Kier molecular flexibility index (Phi) is 10.0. The number of aromatic nitrogens is 2. The van der Waals surface area contributed by atoms with Crippen LogP contribution in [0.5, 0.6) is 0 Å². The normalized spacial score (nSPS) is 17.6. The van der Waals surface area contributed by atoms with Gasteiger partial charge in [0.2, 0.25) is 0 Å². The first kappa shape index (κ1) is 28.6. The Bertz CT molecular complexity index is 1300. The number of unbranched alkanes of at least 4 members (excludes halogenated alkanes) is 3. The Hall–Kier alpha value is -3.36. The van der Waals surface area contributed by atoms with Crippen molar-refractivity contribution < 1.29 is 27.0 Å². The summed E-state index contributed by atoms with van der Waals surface area (Å²) < 4.78 is 71.1. The molecular weight excluding hydrogens is 508 g/mol. The van der Waals surface area contributed by atoms with Gasteiger partial charge in [0, 0.05) is 35.0 Å². The van der Waals surface area contributed by atoms with Gasteiger partial charge in [0.15, 0.2) is 35.4 Å². The second-order valence-corrected chi connectivity index (χ2v) is 9.54. The van der Waals surface area contributed by atoms with E-state index in [9.17, 15) is 8.78 Å². The molecule has 1 saturated heterocycles. The highest BCUT2D eigenvalue weighted by Crippen LogP contribution is 2.34. The van der Waals surface area contributed by atoms with Crippen molar-refractivity contribution in [1.82, 2.24) is 9.97 Å². The average molecular weight is 541 g/mol. The molecule has 1 aliphatic heterocycles. The van der Waals surface area contributed by atoms with Crippen molar-refractivity contribution in [3.05, 3.63) is 95.9 Å². The topological polar surface area (TPSA) is 44.2 Å². The summed E-state index contributed by atoms with van der Waals surface area (Å²) in [6.07, 6.45) is 13.0. The molecule has 2 aromatic carbocycles. The van der Waals surface area contributed by atoms with Gasteiger partial charge in [-0.3, -0.25) is 0 Å². The molecule has 39 heavy (non-hydrogen) atoms. The fraction of sp³-hybridized carbons (Fsp3) is 0.355. The van der Waals surface area contributed by atoms with Gasteiger partial charge in [0.05, 0.1) is 18.8 Å². The molecule has 0 amide bonds. The van der Waals surface area contributed by atoms with E-state index in [4.69, 9.17) is 9.47 Å². The zero-order valence-corrected chi connectivity index (χ0v) is 21.9. The molecule has 1 aliphatic rings. The monoisotopic (exact) mass is 540 g/mol. The number of benzene rings is 2. The van der Waals surface area contributed by atoms with Crippen molar-refractivity contribution in [3.8, 4) is 22.5 Å². The Morgan fingerprint density at radius 3 is 2.13 bits per heavy atom. The molecule has 2 heterocycles. The van der Waals surface area contributed by atoms with E-state index in [1.54, 1.807) is 0 Å². The van der Waals surface area contributed by atoms with Crippen LogP contribution in [0.2, 0.25) is 0 Å². The highest BCUT2D eigenvalue weighted by Gasteiger charge is 2.25. The van der Waals surface area contributed by atoms with Gasteiger partial charge >= 0.3 is 0 Å². The third-order valence-electron chi connectivity index (χ3n) is 6.64. The first-order valence-corrected chi connectivity index (χ1v) is 13.2. The van der Waals surface area contributed by atoms with Gasteiger partial charge in [0.1, 0.15) is 0 Å². The lowest BCUT2D eigenvalue weighted by atomic mass is 9.98. The quantitative estimate of drug-likeness (QED) is 0.139. The van der Waals surface area contributed by atoms with Gasteiger partial charge in [-0.2, -0.15) is 0 Å². The van der Waals surface area contributed by atoms with E-state index in [1.165, 1.54) is 36.7 Å². The minimum absolute atomic E-state index is 0.0570. The molecule has 1 aromatic heterocycles. The van der Waals surface area contributed by atoms with Gasteiger partial charge in [-0.1, -0.05) is 56.2 Å². The van der Waals surface area contributed by atoms with E-state index < -0.39 is 29.6 Å². The van der Waals surface area contributed by atoms with E-state index >= 15 is 8.78 Å². The van der Waals surface area contributed by atoms with Crippen LogP contribution < -0.4 is 0 Å². The van der Waals surface area contributed by atoms with Crippen LogP contribution in [0.25, 0.3) is 22.5 Å². The van der Waals surface area contributed by atoms with Gasteiger partial charge in [-0.25, -0.2) is 27.5 Å². The van der Waals surface area contributed by atoms with Crippen molar-refractivity contribution in [2.24, 2.45) is 5.92 Å². The van der Waals surface area contributed by atoms with Gasteiger partial charge in [0.25, 0.3) is 0 Å². The molecule has 0 atom stereocenters. The lowest BCUT2D eigenvalue weighted by Gasteiger charge is -2.27. The summed E-state index contributed by atoms with van der Waals surface area (Å²) in [7, 11) is 0. The highest BCUT2D eigenvalue weighted by atomic mass is 19.2. The van der Waals surface area contributed by atoms with Crippen molar-refractivity contribution in [2.45, 2.75) is 51.7 Å². The molecule has 0 saturated carbocycles. The Labute approximate surface area is 226 Å². The van der Waals surface area contributed by atoms with Crippen LogP contribution in [-0.2, 0) is 15.9 Å². The fourth-order valence-corrected chi connectivity index (χ4v) is 4.41. The minimum atomic E-state index is -1.30. The number of hydrogen-bond donors (Lipinski definition) is 0. The van der Waals surface area contributed by atoms with Gasteiger partial charge in [-0.05, 0) is 37.3 Å². The van der Waals surface area contributed by atoms with Gasteiger partial charge < -0.3 is 9.47 Å². The van der Waals surface area contributed by atoms with E-state index in [1.807, 2.05) is 13.0 Å². The van der Waals surface area contributed by atoms with Crippen LogP contribution in [0.3, 0.4) is 0 Å². The summed E-state index contributed by atoms with van der Waals surface area (Å²) in [6.45, 7) is 6.65. The lowest BCUT2D eigenvalue weighted by molar-refractivity contribution is -0.197. The second-order valence-electron chi connectivity index (χ2n) is 9.54. The molecule has 0 bridgehead atoms. The molecule has 4 rings (SSSR count). The maximum absolute atomic E-state index is 15.1. The van der Waals surface area contributed by atoms with Crippen LogP contribution in [0.1, 0.15) is 56.4 Å².